The summed E-state index contributed by atoms with van der Waals surface area (Å²) in [6.45, 7) is 7.58. The van der Waals surface area contributed by atoms with Crippen molar-refractivity contribution < 1.29 is 5.11 Å². The zero-order valence-electron chi connectivity index (χ0n) is 9.35. The lowest BCUT2D eigenvalue weighted by Gasteiger charge is -2.15. The van der Waals surface area contributed by atoms with Crippen LogP contribution in [0.1, 0.15) is 19.4 Å². The summed E-state index contributed by atoms with van der Waals surface area (Å²) >= 11 is 0. The van der Waals surface area contributed by atoms with Crippen LogP contribution in [0.15, 0.2) is 48.6 Å². The van der Waals surface area contributed by atoms with Crippen LogP contribution >= 0.6 is 0 Å². The summed E-state index contributed by atoms with van der Waals surface area (Å²) in [7, 11) is 0. The zero-order chi connectivity index (χ0) is 11.3. The van der Waals surface area contributed by atoms with Gasteiger partial charge in [-0.15, -0.1) is 6.58 Å². The topological polar surface area (TPSA) is 20.2 Å². The number of hydrogen-bond donors (Lipinski definition) is 1. The Balaban J connectivity index is 2.80. The van der Waals surface area contributed by atoms with E-state index in [0.29, 0.717) is 0 Å². The first-order valence-corrected chi connectivity index (χ1v) is 5.19. The average Bonchev–Trinajstić information content (AvgIpc) is 2.28. The molecule has 0 heterocycles. The van der Waals surface area contributed by atoms with E-state index in [1.807, 2.05) is 50.3 Å². The van der Waals surface area contributed by atoms with Crippen molar-refractivity contribution in [2.45, 2.75) is 20.0 Å². The Labute approximate surface area is 91.8 Å². The largest absolute Gasteiger partial charge is 0.388 e. The second kappa shape index (κ2) is 5.52. The maximum Gasteiger partial charge on any atom is 0.0810 e. The molecule has 15 heavy (non-hydrogen) atoms. The summed E-state index contributed by atoms with van der Waals surface area (Å²) in [4.78, 5) is 0. The molecule has 0 aliphatic carbocycles. The van der Waals surface area contributed by atoms with E-state index in [-0.39, 0.29) is 5.92 Å². The molecule has 0 aliphatic heterocycles. The molecule has 1 heteroatoms. The fourth-order valence-corrected chi connectivity index (χ4v) is 1.44. The minimum atomic E-state index is -0.442. The van der Waals surface area contributed by atoms with Crippen LogP contribution < -0.4 is 0 Å². The Kier molecular flexibility index (Phi) is 4.32. The quantitative estimate of drug-likeness (QED) is 0.743. The summed E-state index contributed by atoms with van der Waals surface area (Å²) in [5.41, 5.74) is 2.08. The van der Waals surface area contributed by atoms with Crippen molar-refractivity contribution in [3.8, 4) is 0 Å². The molecule has 1 N–H and O–H groups in total. The summed E-state index contributed by atoms with van der Waals surface area (Å²) in [6, 6.07) is 10.0. The predicted octanol–water partition coefficient (Wildman–Crippen LogP) is 3.27. The third kappa shape index (κ3) is 3.37. The molecule has 0 radical (unpaired) electrons. The molecule has 80 valence electrons. The summed E-state index contributed by atoms with van der Waals surface area (Å²) in [5.74, 6) is 0.0879. The van der Waals surface area contributed by atoms with Gasteiger partial charge in [0.25, 0.3) is 0 Å². The highest BCUT2D eigenvalue weighted by Gasteiger charge is 2.12. The highest BCUT2D eigenvalue weighted by Crippen LogP contribution is 2.16. The number of aliphatic hydroxyl groups excluding tert-OH is 1. The molecule has 0 bridgehead atoms. The SMILES string of the molecule is C=C[C@@H](C)[C@H](O)/C(C)=C/c1ccccc1. The first-order chi connectivity index (χ1) is 7.15. The van der Waals surface area contributed by atoms with Crippen LogP contribution in [-0.2, 0) is 0 Å². The molecule has 0 spiro atoms. The van der Waals surface area contributed by atoms with E-state index in [4.69, 9.17) is 0 Å². The van der Waals surface area contributed by atoms with Crippen molar-refractivity contribution in [3.63, 3.8) is 0 Å². The van der Waals surface area contributed by atoms with E-state index < -0.39 is 6.10 Å². The molecule has 1 rings (SSSR count). The highest BCUT2D eigenvalue weighted by atomic mass is 16.3. The summed E-state index contributed by atoms with van der Waals surface area (Å²) in [5, 5.41) is 9.91. The van der Waals surface area contributed by atoms with Gasteiger partial charge >= 0.3 is 0 Å². The number of rotatable bonds is 4. The Hall–Kier alpha value is -1.34. The van der Waals surface area contributed by atoms with E-state index in [0.717, 1.165) is 11.1 Å². The number of benzene rings is 1. The third-order valence-corrected chi connectivity index (χ3v) is 2.53. The summed E-state index contributed by atoms with van der Waals surface area (Å²) < 4.78 is 0. The molecule has 0 aliphatic rings. The molecule has 0 unspecified atom stereocenters. The van der Waals surface area contributed by atoms with E-state index in [2.05, 4.69) is 6.58 Å². The van der Waals surface area contributed by atoms with Crippen LogP contribution in [0.5, 0.6) is 0 Å². The first kappa shape index (κ1) is 11.7. The van der Waals surface area contributed by atoms with Crippen LogP contribution in [0, 0.1) is 5.92 Å². The van der Waals surface area contributed by atoms with Crippen LogP contribution in [0.4, 0.5) is 0 Å². The van der Waals surface area contributed by atoms with Gasteiger partial charge in [0.2, 0.25) is 0 Å². The van der Waals surface area contributed by atoms with Gasteiger partial charge in [0.1, 0.15) is 0 Å². The Bertz CT molecular complexity index is 338. The van der Waals surface area contributed by atoms with Crippen molar-refractivity contribution in [3.05, 3.63) is 54.1 Å². The zero-order valence-corrected chi connectivity index (χ0v) is 9.35. The molecule has 2 atom stereocenters. The fraction of sp³-hybridized carbons (Fsp3) is 0.286. The van der Waals surface area contributed by atoms with Gasteiger partial charge in [-0.2, -0.15) is 0 Å². The van der Waals surface area contributed by atoms with Crippen LogP contribution in [0.25, 0.3) is 6.08 Å². The minimum absolute atomic E-state index is 0.0879. The Morgan fingerprint density at radius 2 is 1.93 bits per heavy atom. The molecule has 1 aromatic rings. The minimum Gasteiger partial charge on any atom is -0.388 e. The van der Waals surface area contributed by atoms with Gasteiger partial charge in [-0.1, -0.05) is 49.4 Å². The van der Waals surface area contributed by atoms with Gasteiger partial charge in [-0.3, -0.25) is 0 Å². The second-order valence-corrected chi connectivity index (χ2v) is 3.84. The number of aliphatic hydroxyl groups is 1. The van der Waals surface area contributed by atoms with E-state index >= 15 is 0 Å². The maximum atomic E-state index is 9.91. The van der Waals surface area contributed by atoms with Gasteiger partial charge in [0.05, 0.1) is 6.10 Å². The van der Waals surface area contributed by atoms with Crippen molar-refractivity contribution in [1.29, 1.82) is 0 Å². The third-order valence-electron chi connectivity index (χ3n) is 2.53. The van der Waals surface area contributed by atoms with Crippen molar-refractivity contribution in [2.24, 2.45) is 5.92 Å². The van der Waals surface area contributed by atoms with E-state index in [9.17, 15) is 5.11 Å². The lowest BCUT2D eigenvalue weighted by molar-refractivity contribution is 0.174. The highest BCUT2D eigenvalue weighted by molar-refractivity contribution is 5.53. The van der Waals surface area contributed by atoms with Gasteiger partial charge in [0.15, 0.2) is 0 Å². The first-order valence-electron chi connectivity index (χ1n) is 5.19. The van der Waals surface area contributed by atoms with Crippen LogP contribution in [-0.4, -0.2) is 11.2 Å². The normalized spacial score (nSPS) is 15.8. The average molecular weight is 202 g/mol. The second-order valence-electron chi connectivity index (χ2n) is 3.84. The number of hydrogen-bond acceptors (Lipinski definition) is 1. The Morgan fingerprint density at radius 3 is 2.47 bits per heavy atom. The van der Waals surface area contributed by atoms with Crippen molar-refractivity contribution >= 4 is 6.08 Å². The molecule has 1 nitrogen and oxygen atoms in total. The monoisotopic (exact) mass is 202 g/mol. The van der Waals surface area contributed by atoms with Crippen LogP contribution in [0.2, 0.25) is 0 Å². The molecule has 0 amide bonds. The lowest BCUT2D eigenvalue weighted by atomic mass is 9.97. The molecule has 0 fully saturated rings. The van der Waals surface area contributed by atoms with E-state index in [1.165, 1.54) is 0 Å². The molecular weight excluding hydrogens is 184 g/mol. The van der Waals surface area contributed by atoms with Crippen molar-refractivity contribution in [2.75, 3.05) is 0 Å². The molecular formula is C14H18O. The van der Waals surface area contributed by atoms with E-state index in [1.54, 1.807) is 6.08 Å². The fourth-order valence-electron chi connectivity index (χ4n) is 1.44. The van der Waals surface area contributed by atoms with Gasteiger partial charge in [0, 0.05) is 5.92 Å². The van der Waals surface area contributed by atoms with Crippen LogP contribution in [0.3, 0.4) is 0 Å². The predicted molar refractivity (Wildman–Crippen MR) is 65.5 cm³/mol. The standard InChI is InChI=1S/C14H18O/c1-4-11(2)14(15)12(3)10-13-8-6-5-7-9-13/h4-11,14-15H,1H2,2-3H3/b12-10+/t11-,14+/m1/s1. The smallest absolute Gasteiger partial charge is 0.0810 e. The molecule has 0 saturated carbocycles. The Morgan fingerprint density at radius 1 is 1.33 bits per heavy atom. The van der Waals surface area contributed by atoms with Gasteiger partial charge in [-0.05, 0) is 18.1 Å². The van der Waals surface area contributed by atoms with Crippen molar-refractivity contribution in [1.82, 2.24) is 0 Å². The lowest BCUT2D eigenvalue weighted by Crippen LogP contribution is -2.16. The van der Waals surface area contributed by atoms with Gasteiger partial charge in [-0.25, -0.2) is 0 Å². The molecule has 0 saturated heterocycles. The maximum absolute atomic E-state index is 9.91. The molecule has 1 aromatic carbocycles. The van der Waals surface area contributed by atoms with Gasteiger partial charge < -0.3 is 5.11 Å². The summed E-state index contributed by atoms with van der Waals surface area (Å²) in [6.07, 6.45) is 3.33. The molecule has 0 aromatic heterocycles.